The number of benzene rings is 3. The molecule has 0 atom stereocenters. The fraction of sp³-hybridized carbons (Fsp3) is 0.174. The summed E-state index contributed by atoms with van der Waals surface area (Å²) in [7, 11) is -2.59. The Morgan fingerprint density at radius 3 is 2.18 bits per heavy atom. The highest BCUT2D eigenvalue weighted by Gasteiger charge is 2.23. The standard InChI is InChI=1S/C23H24N4O5S/c1-16-7-11-20(12-8-16)33(31,32)27(2)15-22(29)26-25-21(28)14-24-23(30)19-10-9-17-5-3-4-6-18(17)13-19/h3-13H,14-15H2,1-2H3,(H,24,30)(H,25,28)(H,26,29). The molecule has 3 amide bonds. The molecular formula is C23H24N4O5S. The smallest absolute Gasteiger partial charge is 0.257 e. The first kappa shape index (κ1) is 23.9. The maximum Gasteiger partial charge on any atom is 0.257 e. The number of nitrogens with one attached hydrogen (secondary N) is 3. The van der Waals surface area contributed by atoms with Crippen molar-refractivity contribution in [3.8, 4) is 0 Å². The van der Waals surface area contributed by atoms with Crippen LogP contribution in [0.2, 0.25) is 0 Å². The van der Waals surface area contributed by atoms with Gasteiger partial charge in [-0.2, -0.15) is 4.31 Å². The molecule has 3 N–H and O–H groups in total. The van der Waals surface area contributed by atoms with Crippen molar-refractivity contribution in [1.82, 2.24) is 20.5 Å². The Hall–Kier alpha value is -3.76. The third-order valence-corrected chi connectivity index (χ3v) is 6.68. The number of carbonyl (C=O) groups is 3. The normalized spacial score (nSPS) is 11.2. The van der Waals surface area contributed by atoms with Crippen molar-refractivity contribution in [2.45, 2.75) is 11.8 Å². The molecule has 0 unspecified atom stereocenters. The van der Waals surface area contributed by atoms with Crippen molar-refractivity contribution >= 4 is 38.5 Å². The first-order chi connectivity index (χ1) is 15.7. The predicted molar refractivity (Wildman–Crippen MR) is 124 cm³/mol. The maximum absolute atomic E-state index is 12.5. The van der Waals surface area contributed by atoms with E-state index >= 15 is 0 Å². The van der Waals surface area contributed by atoms with Crippen LogP contribution in [0.5, 0.6) is 0 Å². The first-order valence-electron chi connectivity index (χ1n) is 10.0. The van der Waals surface area contributed by atoms with Crippen molar-refractivity contribution in [3.63, 3.8) is 0 Å². The molecule has 0 bridgehead atoms. The van der Waals surface area contributed by atoms with Crippen molar-refractivity contribution < 1.29 is 22.8 Å². The van der Waals surface area contributed by atoms with E-state index in [0.29, 0.717) is 5.56 Å². The summed E-state index contributed by atoms with van der Waals surface area (Å²) in [4.78, 5) is 36.4. The number of aryl methyl sites for hydroxylation is 1. The second-order valence-electron chi connectivity index (χ2n) is 7.42. The predicted octanol–water partition coefficient (Wildman–Crippen LogP) is 1.35. The van der Waals surface area contributed by atoms with Gasteiger partial charge in [-0.3, -0.25) is 25.2 Å². The largest absolute Gasteiger partial charge is 0.343 e. The average molecular weight is 469 g/mol. The molecule has 33 heavy (non-hydrogen) atoms. The highest BCUT2D eigenvalue weighted by Crippen LogP contribution is 2.16. The lowest BCUT2D eigenvalue weighted by Crippen LogP contribution is -2.49. The number of amides is 3. The number of carbonyl (C=O) groups excluding carboxylic acids is 3. The van der Waals surface area contributed by atoms with Crippen LogP contribution in [-0.4, -0.2) is 50.6 Å². The Labute approximate surface area is 191 Å². The van der Waals surface area contributed by atoms with Gasteiger partial charge in [0.2, 0.25) is 10.0 Å². The SMILES string of the molecule is Cc1ccc(S(=O)(=O)N(C)CC(=O)NNC(=O)CNC(=O)c2ccc3ccccc3c2)cc1. The second kappa shape index (κ2) is 10.2. The van der Waals surface area contributed by atoms with E-state index in [1.807, 2.05) is 37.3 Å². The number of rotatable bonds is 7. The van der Waals surface area contributed by atoms with E-state index in [2.05, 4.69) is 16.2 Å². The Kier molecular flexibility index (Phi) is 7.41. The maximum atomic E-state index is 12.5. The number of hydrogen-bond acceptors (Lipinski definition) is 5. The van der Waals surface area contributed by atoms with Crippen LogP contribution < -0.4 is 16.2 Å². The lowest BCUT2D eigenvalue weighted by atomic mass is 10.1. The summed E-state index contributed by atoms with van der Waals surface area (Å²) in [5.41, 5.74) is 5.59. The summed E-state index contributed by atoms with van der Waals surface area (Å²) in [6, 6.07) is 19.0. The topological polar surface area (TPSA) is 125 Å². The number of nitrogens with zero attached hydrogens (tertiary/aromatic N) is 1. The molecule has 0 aliphatic rings. The van der Waals surface area contributed by atoms with E-state index in [1.54, 1.807) is 24.3 Å². The molecular weight excluding hydrogens is 444 g/mol. The van der Waals surface area contributed by atoms with Crippen LogP contribution in [0.1, 0.15) is 15.9 Å². The van der Waals surface area contributed by atoms with Crippen LogP contribution in [0.3, 0.4) is 0 Å². The van der Waals surface area contributed by atoms with Crippen molar-refractivity contribution in [2.75, 3.05) is 20.1 Å². The van der Waals surface area contributed by atoms with Crippen LogP contribution in [0, 0.1) is 6.92 Å². The summed E-state index contributed by atoms with van der Waals surface area (Å²) in [5.74, 6) is -1.84. The number of likely N-dealkylation sites (N-methyl/N-ethyl adjacent to an activating group) is 1. The van der Waals surface area contributed by atoms with Gasteiger partial charge in [-0.15, -0.1) is 0 Å². The van der Waals surface area contributed by atoms with E-state index in [4.69, 9.17) is 0 Å². The van der Waals surface area contributed by atoms with Crippen LogP contribution in [0.25, 0.3) is 10.8 Å². The zero-order valence-corrected chi connectivity index (χ0v) is 19.0. The first-order valence-corrected chi connectivity index (χ1v) is 11.5. The molecule has 10 heteroatoms. The number of sulfonamides is 1. The van der Waals surface area contributed by atoms with Gasteiger partial charge in [-0.25, -0.2) is 8.42 Å². The van der Waals surface area contributed by atoms with E-state index in [-0.39, 0.29) is 11.4 Å². The number of hydrogen-bond donors (Lipinski definition) is 3. The quantitative estimate of drug-likeness (QED) is 0.452. The lowest BCUT2D eigenvalue weighted by Gasteiger charge is -2.17. The molecule has 0 spiro atoms. The Balaban J connectivity index is 1.46. The summed E-state index contributed by atoms with van der Waals surface area (Å²) >= 11 is 0. The molecule has 0 aliphatic carbocycles. The third-order valence-electron chi connectivity index (χ3n) is 4.86. The van der Waals surface area contributed by atoms with Crippen LogP contribution >= 0.6 is 0 Å². The van der Waals surface area contributed by atoms with Gasteiger partial charge < -0.3 is 5.32 Å². The minimum atomic E-state index is -3.85. The Bertz CT molecular complexity index is 1290. The van der Waals surface area contributed by atoms with Gasteiger partial charge in [-0.05, 0) is 42.0 Å². The number of hydrazine groups is 1. The molecule has 3 aromatic rings. The van der Waals surface area contributed by atoms with Gasteiger partial charge in [0.15, 0.2) is 0 Å². The van der Waals surface area contributed by atoms with E-state index in [9.17, 15) is 22.8 Å². The Morgan fingerprint density at radius 1 is 0.848 bits per heavy atom. The van der Waals surface area contributed by atoms with E-state index in [1.165, 1.54) is 19.2 Å². The van der Waals surface area contributed by atoms with Gasteiger partial charge in [-0.1, -0.05) is 48.0 Å². The molecule has 0 fully saturated rings. The fourth-order valence-electron chi connectivity index (χ4n) is 2.99. The van der Waals surface area contributed by atoms with Gasteiger partial charge >= 0.3 is 0 Å². The van der Waals surface area contributed by atoms with Crippen LogP contribution in [0.15, 0.2) is 71.6 Å². The van der Waals surface area contributed by atoms with Gasteiger partial charge in [0, 0.05) is 12.6 Å². The molecule has 3 rings (SSSR count). The molecule has 172 valence electrons. The molecule has 0 saturated carbocycles. The van der Waals surface area contributed by atoms with Crippen LogP contribution in [0.4, 0.5) is 0 Å². The lowest BCUT2D eigenvalue weighted by molar-refractivity contribution is -0.128. The molecule has 0 heterocycles. The van der Waals surface area contributed by atoms with Gasteiger partial charge in [0.05, 0.1) is 18.0 Å². The van der Waals surface area contributed by atoms with Crippen molar-refractivity contribution in [2.24, 2.45) is 0 Å². The monoisotopic (exact) mass is 468 g/mol. The van der Waals surface area contributed by atoms with Gasteiger partial charge in [0.25, 0.3) is 17.7 Å². The van der Waals surface area contributed by atoms with Crippen molar-refractivity contribution in [1.29, 1.82) is 0 Å². The fourth-order valence-corrected chi connectivity index (χ4v) is 4.12. The molecule has 0 aromatic heterocycles. The van der Waals surface area contributed by atoms with E-state index in [0.717, 1.165) is 20.6 Å². The minimum Gasteiger partial charge on any atom is -0.343 e. The highest BCUT2D eigenvalue weighted by atomic mass is 32.2. The highest BCUT2D eigenvalue weighted by molar-refractivity contribution is 7.89. The molecule has 3 aromatic carbocycles. The second-order valence-corrected chi connectivity index (χ2v) is 9.46. The average Bonchev–Trinajstić information content (AvgIpc) is 2.81. The zero-order valence-electron chi connectivity index (χ0n) is 18.2. The zero-order chi connectivity index (χ0) is 24.0. The molecule has 0 aliphatic heterocycles. The summed E-state index contributed by atoms with van der Waals surface area (Å²) < 4.78 is 25.9. The third kappa shape index (κ3) is 6.15. The summed E-state index contributed by atoms with van der Waals surface area (Å²) in [6.45, 7) is 0.962. The van der Waals surface area contributed by atoms with Crippen LogP contribution in [-0.2, 0) is 19.6 Å². The number of fused-ring (bicyclic) bond motifs is 1. The Morgan fingerprint density at radius 2 is 1.48 bits per heavy atom. The minimum absolute atomic E-state index is 0.0591. The van der Waals surface area contributed by atoms with E-state index < -0.39 is 34.3 Å². The van der Waals surface area contributed by atoms with Crippen molar-refractivity contribution in [3.05, 3.63) is 77.9 Å². The summed E-state index contributed by atoms with van der Waals surface area (Å²) in [6.07, 6.45) is 0. The summed E-state index contributed by atoms with van der Waals surface area (Å²) in [5, 5.41) is 4.35. The van der Waals surface area contributed by atoms with Gasteiger partial charge in [0.1, 0.15) is 0 Å². The molecule has 9 nitrogen and oxygen atoms in total. The molecule has 0 radical (unpaired) electrons. The molecule has 0 saturated heterocycles.